The van der Waals surface area contributed by atoms with Gasteiger partial charge in [0.25, 0.3) is 0 Å². The summed E-state index contributed by atoms with van der Waals surface area (Å²) in [5, 5.41) is 223. The van der Waals surface area contributed by atoms with Crippen LogP contribution >= 0.6 is 0 Å². The summed E-state index contributed by atoms with van der Waals surface area (Å²) in [6.07, 6.45) is -62.3. The van der Waals surface area contributed by atoms with Crippen LogP contribution in [0.15, 0.2) is 0 Å². The van der Waals surface area contributed by atoms with Gasteiger partial charge in [-0.1, -0.05) is 0 Å². The molecule has 87 heavy (non-hydrogen) atoms. The number of aliphatic hydroxyl groups is 20. The monoisotopic (exact) mass is 1280 g/mol. The molecule has 0 aromatic rings. The summed E-state index contributed by atoms with van der Waals surface area (Å²) in [6, 6.07) is -5.43. The molecule has 7 saturated heterocycles. The molecule has 7 aliphatic heterocycles. The number of nitrogens with one attached hydrogen (secondary N) is 3. The first kappa shape index (κ1) is 71.5. The smallest absolute Gasteiger partial charge is 0.217 e. The van der Waals surface area contributed by atoms with E-state index in [1.165, 1.54) is 0 Å². The second-order valence-corrected chi connectivity index (χ2v) is 21.8. The first-order valence-electron chi connectivity index (χ1n) is 27.6. The average Bonchev–Trinajstić information content (AvgIpc) is 0.993. The first-order chi connectivity index (χ1) is 41.1. The Morgan fingerprint density at radius 3 is 0.954 bits per heavy atom. The normalized spacial score (nSPS) is 48.9. The molecule has 1 unspecified atom stereocenters. The van der Waals surface area contributed by atoms with Crippen LogP contribution in [0.2, 0.25) is 0 Å². The van der Waals surface area contributed by atoms with Gasteiger partial charge < -0.3 is 180 Å². The van der Waals surface area contributed by atoms with Crippen molar-refractivity contribution in [1.29, 1.82) is 0 Å². The highest BCUT2D eigenvalue weighted by molar-refractivity contribution is 5.74. The molecule has 0 aromatic heterocycles. The Morgan fingerprint density at radius 2 is 0.586 bits per heavy atom. The SMILES string of the molecule is CC(=O)N[C@H]1[C@H](OC[C@H]2O[C@@H](O[C@H]3[C@H](O)[C@@H](NC(C)=O)[C@H](O[C@H]4[C@@H](O)[C@@H](CO)OC(O)[C@@H]4O)O[C@@H]3CO)[C@H](O)[C@@H](O[C@@H]3O[C@H](CO)[C@@H](O[C@@H]4O[C@H](CO)[C@H](O)[C@H](O)[C@H]4O)[C@H](O)[C@H]3NC(C)=O)[C@H]2O)O[C@H](CO)[C@@H](O[C@@H]2O[C@H](CO)[C@H](O)[C@H](O)[C@H]2O)[C@@H]1O. The average molecular weight is 1280 g/mol. The van der Waals surface area contributed by atoms with Crippen LogP contribution in [0.4, 0.5) is 0 Å². The quantitative estimate of drug-likeness (QED) is 0.0479. The van der Waals surface area contributed by atoms with E-state index in [-0.39, 0.29) is 0 Å². The number of carbonyl (C=O) groups is 3. The van der Waals surface area contributed by atoms with Gasteiger partial charge in [-0.2, -0.15) is 0 Å². The third kappa shape index (κ3) is 15.8. The molecule has 39 nitrogen and oxygen atoms in total. The molecule has 0 bridgehead atoms. The lowest BCUT2D eigenvalue weighted by atomic mass is 9.93. The molecule has 0 radical (unpaired) electrons. The van der Waals surface area contributed by atoms with E-state index in [1.807, 2.05) is 0 Å². The Hall–Kier alpha value is -2.91. The molecule has 0 spiro atoms. The maximum atomic E-state index is 12.8. The highest BCUT2D eigenvalue weighted by Gasteiger charge is 2.59. The van der Waals surface area contributed by atoms with Gasteiger partial charge >= 0.3 is 0 Å². The predicted octanol–water partition coefficient (Wildman–Crippen LogP) is -15.8. The van der Waals surface area contributed by atoms with E-state index >= 15 is 0 Å². The van der Waals surface area contributed by atoms with Gasteiger partial charge in [-0.25, -0.2) is 0 Å². The number of ether oxygens (including phenoxy) is 13. The van der Waals surface area contributed by atoms with E-state index in [9.17, 15) is 117 Å². The van der Waals surface area contributed by atoms with E-state index in [0.29, 0.717) is 0 Å². The molecular weight excluding hydrogens is 1190 g/mol. The van der Waals surface area contributed by atoms with Gasteiger partial charge in [0.05, 0.1) is 46.2 Å². The minimum Gasteiger partial charge on any atom is -0.394 e. The van der Waals surface area contributed by atoms with Gasteiger partial charge in [0.15, 0.2) is 44.0 Å². The van der Waals surface area contributed by atoms with Crippen LogP contribution in [-0.2, 0) is 76.0 Å². The summed E-state index contributed by atoms with van der Waals surface area (Å²) in [5.41, 5.74) is 0. The largest absolute Gasteiger partial charge is 0.394 e. The van der Waals surface area contributed by atoms with Crippen molar-refractivity contribution in [2.45, 2.75) is 236 Å². The summed E-state index contributed by atoms with van der Waals surface area (Å²) in [5.74, 6) is -2.63. The maximum absolute atomic E-state index is 12.8. The molecule has 7 heterocycles. The van der Waals surface area contributed by atoms with E-state index < -0.39 is 279 Å². The molecule has 0 aliphatic carbocycles. The van der Waals surface area contributed by atoms with Crippen molar-refractivity contribution in [1.82, 2.24) is 16.0 Å². The standard InChI is InChI=1S/C48H81N3O36/c1-11(58)49-21-28(65)37(83-46-33(70)31(68)24(61)14(4-52)77-46)17(7-55)79-43(21)75-10-20-27(64)41(87-45-23(51-13(3)60)29(66)38(18(8-56)81-45)84-47-34(71)32(69)25(62)15(5-53)78-47)36(73)48(82-20)85-39-19(9-57)80-44(22(30(39)67)50-12(2)59)86-40-26(63)16(6-54)76-42(74)35(40)72/h14-48,52-57,61-74H,4-10H2,1-3H3,(H,49,58)(H,50,59)(H,51,60)/t14-,15-,16-,17-,18-,19-,20-,21-,22-,23-,24+,25+,26+,27+,28-,29-,30-,31+,32+,33-,34-,35-,36-,37-,38-,39-,40+,41+,42?,43-,44+,45+,46+,47+,48+/m1/s1. The van der Waals surface area contributed by atoms with E-state index in [2.05, 4.69) is 16.0 Å². The Balaban J connectivity index is 1.20. The number of rotatable bonds is 22. The number of amides is 3. The lowest BCUT2D eigenvalue weighted by Crippen LogP contribution is -2.71. The predicted molar refractivity (Wildman–Crippen MR) is 267 cm³/mol. The minimum absolute atomic E-state index is 0.848. The van der Waals surface area contributed by atoms with Crippen LogP contribution < -0.4 is 16.0 Å². The molecule has 39 heteroatoms. The molecule has 7 aliphatic rings. The fraction of sp³-hybridized carbons (Fsp3) is 0.938. The Morgan fingerprint density at radius 1 is 0.299 bits per heavy atom. The van der Waals surface area contributed by atoms with Crippen LogP contribution in [0, 0.1) is 0 Å². The number of aliphatic hydroxyl groups excluding tert-OH is 20. The Bertz CT molecular complexity index is 2190. The van der Waals surface area contributed by atoms with Crippen molar-refractivity contribution in [2.24, 2.45) is 0 Å². The van der Waals surface area contributed by atoms with E-state index in [1.54, 1.807) is 0 Å². The first-order valence-corrected chi connectivity index (χ1v) is 27.6. The second kappa shape index (κ2) is 31.1. The van der Waals surface area contributed by atoms with Crippen molar-refractivity contribution < 1.29 is 178 Å². The zero-order valence-corrected chi connectivity index (χ0v) is 46.6. The van der Waals surface area contributed by atoms with Gasteiger partial charge in [-0.05, 0) is 0 Å². The summed E-state index contributed by atoms with van der Waals surface area (Å²) in [6.45, 7) is -3.98. The molecule has 3 amide bonds. The molecule has 0 saturated carbocycles. The summed E-state index contributed by atoms with van der Waals surface area (Å²) in [4.78, 5) is 38.1. The Kier molecular flexibility index (Phi) is 25.6. The van der Waals surface area contributed by atoms with Gasteiger partial charge in [0, 0.05) is 20.8 Å². The molecule has 7 fully saturated rings. The zero-order chi connectivity index (χ0) is 64.2. The van der Waals surface area contributed by atoms with Gasteiger partial charge in [-0.15, -0.1) is 0 Å². The van der Waals surface area contributed by atoms with Crippen molar-refractivity contribution in [3.63, 3.8) is 0 Å². The van der Waals surface area contributed by atoms with Crippen molar-refractivity contribution in [3.8, 4) is 0 Å². The van der Waals surface area contributed by atoms with Crippen molar-refractivity contribution in [3.05, 3.63) is 0 Å². The molecule has 504 valence electrons. The molecular formula is C48H81N3O36. The highest BCUT2D eigenvalue weighted by atomic mass is 16.8. The van der Waals surface area contributed by atoms with Gasteiger partial charge in [-0.3, -0.25) is 14.4 Å². The molecule has 35 atom stereocenters. The number of carbonyl (C=O) groups excluding carboxylic acids is 3. The fourth-order valence-electron chi connectivity index (χ4n) is 11.1. The van der Waals surface area contributed by atoms with Crippen LogP contribution in [0.1, 0.15) is 20.8 Å². The van der Waals surface area contributed by atoms with Crippen molar-refractivity contribution in [2.75, 3.05) is 46.2 Å². The lowest BCUT2D eigenvalue weighted by molar-refractivity contribution is -0.385. The summed E-state index contributed by atoms with van der Waals surface area (Å²) in [7, 11) is 0. The Labute approximate surface area is 492 Å². The molecule has 7 rings (SSSR count). The number of hydrogen-bond donors (Lipinski definition) is 23. The maximum Gasteiger partial charge on any atom is 0.217 e. The second-order valence-electron chi connectivity index (χ2n) is 21.8. The van der Waals surface area contributed by atoms with Crippen LogP contribution in [0.5, 0.6) is 0 Å². The van der Waals surface area contributed by atoms with Gasteiger partial charge in [0.1, 0.15) is 171 Å². The van der Waals surface area contributed by atoms with Crippen LogP contribution in [-0.4, -0.2) is 381 Å². The highest BCUT2D eigenvalue weighted by Crippen LogP contribution is 2.37. The summed E-state index contributed by atoms with van der Waals surface area (Å²) >= 11 is 0. The summed E-state index contributed by atoms with van der Waals surface area (Å²) < 4.78 is 75.2. The van der Waals surface area contributed by atoms with E-state index in [4.69, 9.17) is 61.6 Å². The fourth-order valence-corrected chi connectivity index (χ4v) is 11.1. The third-order valence-corrected chi connectivity index (χ3v) is 15.7. The zero-order valence-electron chi connectivity index (χ0n) is 46.6. The third-order valence-electron chi connectivity index (χ3n) is 15.7. The van der Waals surface area contributed by atoms with Crippen molar-refractivity contribution >= 4 is 17.7 Å². The van der Waals surface area contributed by atoms with Crippen LogP contribution in [0.3, 0.4) is 0 Å². The molecule has 0 aromatic carbocycles. The molecule has 23 N–H and O–H groups in total. The lowest BCUT2D eigenvalue weighted by Gasteiger charge is -2.51. The topological polar surface area (TPSA) is 612 Å². The van der Waals surface area contributed by atoms with E-state index in [0.717, 1.165) is 20.8 Å². The minimum atomic E-state index is -2.38. The van der Waals surface area contributed by atoms with Crippen LogP contribution in [0.25, 0.3) is 0 Å². The number of hydrogen-bond acceptors (Lipinski definition) is 36. The van der Waals surface area contributed by atoms with Gasteiger partial charge in [0.2, 0.25) is 17.7 Å².